The third-order valence-corrected chi connectivity index (χ3v) is 3.10. The minimum Gasteiger partial charge on any atom is -0.481 e. The summed E-state index contributed by atoms with van der Waals surface area (Å²) in [5.41, 5.74) is 3.76. The number of benzene rings is 1. The molecule has 0 radical (unpaired) electrons. The second kappa shape index (κ2) is 4.23. The monoisotopic (exact) mass is 224 g/mol. The summed E-state index contributed by atoms with van der Waals surface area (Å²) in [6.07, 6.45) is 4.10. The lowest BCUT2D eigenvalue weighted by Crippen LogP contribution is -2.00. The van der Waals surface area contributed by atoms with Gasteiger partial charge < -0.3 is 5.11 Å². The van der Waals surface area contributed by atoms with Crippen molar-refractivity contribution < 1.29 is 9.90 Å². The minimum atomic E-state index is -0.748. The van der Waals surface area contributed by atoms with Crippen LogP contribution in [0, 0.1) is 0 Å². The Morgan fingerprint density at radius 3 is 2.93 bits per heavy atom. The lowest BCUT2D eigenvalue weighted by molar-refractivity contribution is -0.136. The van der Waals surface area contributed by atoms with Crippen LogP contribution in [-0.4, -0.2) is 11.1 Å². The van der Waals surface area contributed by atoms with Crippen LogP contribution in [0.25, 0.3) is 0 Å². The highest BCUT2D eigenvalue weighted by Gasteiger charge is 2.16. The van der Waals surface area contributed by atoms with Crippen LogP contribution in [0.1, 0.15) is 29.5 Å². The molecule has 0 saturated heterocycles. The maximum absolute atomic E-state index is 10.5. The maximum atomic E-state index is 10.5. The molecular weight excluding hydrogens is 212 g/mol. The molecule has 2 nitrogen and oxygen atoms in total. The van der Waals surface area contributed by atoms with Crippen molar-refractivity contribution in [2.24, 2.45) is 0 Å². The average molecular weight is 225 g/mol. The third kappa shape index (κ3) is 2.32. The normalized spacial score (nSPS) is 13.9. The molecule has 1 aliphatic rings. The lowest BCUT2D eigenvalue weighted by Gasteiger charge is -2.08. The molecule has 0 aromatic heterocycles. The van der Waals surface area contributed by atoms with E-state index in [1.165, 1.54) is 11.1 Å². The Hall–Kier alpha value is -1.02. The highest BCUT2D eigenvalue weighted by molar-refractivity contribution is 6.30. The molecule has 0 amide bonds. The lowest BCUT2D eigenvalue weighted by atomic mass is 9.99. The zero-order valence-corrected chi connectivity index (χ0v) is 9.18. The van der Waals surface area contributed by atoms with Crippen LogP contribution < -0.4 is 0 Å². The van der Waals surface area contributed by atoms with E-state index in [1.54, 1.807) is 0 Å². The summed E-state index contributed by atoms with van der Waals surface area (Å²) in [7, 11) is 0. The van der Waals surface area contributed by atoms with Gasteiger partial charge in [-0.3, -0.25) is 4.79 Å². The summed E-state index contributed by atoms with van der Waals surface area (Å²) in [5, 5.41) is 9.39. The Morgan fingerprint density at radius 2 is 2.20 bits per heavy atom. The van der Waals surface area contributed by atoms with Gasteiger partial charge in [0.05, 0.1) is 0 Å². The highest BCUT2D eigenvalue weighted by Crippen LogP contribution is 2.29. The van der Waals surface area contributed by atoms with Crippen molar-refractivity contribution in [2.45, 2.75) is 32.1 Å². The van der Waals surface area contributed by atoms with Gasteiger partial charge in [-0.15, -0.1) is 0 Å². The predicted molar refractivity (Wildman–Crippen MR) is 59.4 cm³/mol. The van der Waals surface area contributed by atoms with Crippen LogP contribution in [0.15, 0.2) is 12.1 Å². The number of hydrogen-bond donors (Lipinski definition) is 1. The van der Waals surface area contributed by atoms with Crippen molar-refractivity contribution >= 4 is 17.6 Å². The summed E-state index contributed by atoms with van der Waals surface area (Å²) in [5.74, 6) is -0.748. The molecule has 1 aromatic carbocycles. The molecule has 0 saturated carbocycles. The topological polar surface area (TPSA) is 37.3 Å². The maximum Gasteiger partial charge on any atom is 0.303 e. The molecule has 0 fully saturated rings. The quantitative estimate of drug-likeness (QED) is 0.857. The molecule has 0 aliphatic heterocycles. The van der Waals surface area contributed by atoms with E-state index in [0.29, 0.717) is 6.42 Å². The van der Waals surface area contributed by atoms with Gasteiger partial charge >= 0.3 is 5.97 Å². The van der Waals surface area contributed by atoms with E-state index in [0.717, 1.165) is 29.8 Å². The van der Waals surface area contributed by atoms with Gasteiger partial charge in [0.1, 0.15) is 0 Å². The Kier molecular flexibility index (Phi) is 2.96. The summed E-state index contributed by atoms with van der Waals surface area (Å²) >= 11 is 6.00. The van der Waals surface area contributed by atoms with E-state index in [-0.39, 0.29) is 6.42 Å². The van der Waals surface area contributed by atoms with E-state index in [9.17, 15) is 4.79 Å². The van der Waals surface area contributed by atoms with Crippen LogP contribution in [0.2, 0.25) is 5.02 Å². The molecule has 0 atom stereocenters. The molecule has 0 bridgehead atoms. The van der Waals surface area contributed by atoms with Gasteiger partial charge in [0, 0.05) is 11.4 Å². The largest absolute Gasteiger partial charge is 0.481 e. The van der Waals surface area contributed by atoms with Crippen LogP contribution in [0.4, 0.5) is 0 Å². The number of carbonyl (C=O) groups is 1. The van der Waals surface area contributed by atoms with Crippen molar-refractivity contribution in [3.05, 3.63) is 33.8 Å². The second-order valence-electron chi connectivity index (χ2n) is 3.95. The van der Waals surface area contributed by atoms with E-state index in [2.05, 4.69) is 0 Å². The fraction of sp³-hybridized carbons (Fsp3) is 0.417. The van der Waals surface area contributed by atoms with Gasteiger partial charge in [-0.25, -0.2) is 0 Å². The molecule has 15 heavy (non-hydrogen) atoms. The molecule has 0 spiro atoms. The molecule has 0 heterocycles. The Bertz CT molecular complexity index is 399. The van der Waals surface area contributed by atoms with Crippen molar-refractivity contribution in [2.75, 3.05) is 0 Å². The number of aliphatic carboxylic acids is 1. The second-order valence-corrected chi connectivity index (χ2v) is 4.39. The summed E-state index contributed by atoms with van der Waals surface area (Å²) in [6.45, 7) is 0. The molecule has 1 aromatic rings. The van der Waals surface area contributed by atoms with E-state index in [1.807, 2.05) is 12.1 Å². The first-order valence-corrected chi connectivity index (χ1v) is 5.56. The first-order valence-electron chi connectivity index (χ1n) is 5.19. The van der Waals surface area contributed by atoms with Crippen molar-refractivity contribution in [3.63, 3.8) is 0 Å². The first-order chi connectivity index (χ1) is 7.16. The number of carboxylic acids is 1. The Balaban J connectivity index is 2.26. The van der Waals surface area contributed by atoms with Gasteiger partial charge in [-0.2, -0.15) is 0 Å². The molecular formula is C12H13ClO2. The van der Waals surface area contributed by atoms with E-state index >= 15 is 0 Å². The van der Waals surface area contributed by atoms with E-state index < -0.39 is 5.97 Å². The smallest absolute Gasteiger partial charge is 0.303 e. The van der Waals surface area contributed by atoms with Gasteiger partial charge in [-0.05, 0) is 54.5 Å². The van der Waals surface area contributed by atoms with Gasteiger partial charge in [-0.1, -0.05) is 11.6 Å². The van der Waals surface area contributed by atoms with Crippen molar-refractivity contribution in [1.29, 1.82) is 0 Å². The SMILES string of the molecule is O=C(O)CCc1cc(Cl)cc2c1CCC2. The van der Waals surface area contributed by atoms with Gasteiger partial charge in [0.25, 0.3) is 0 Å². The minimum absolute atomic E-state index is 0.187. The highest BCUT2D eigenvalue weighted by atomic mass is 35.5. The molecule has 80 valence electrons. The number of fused-ring (bicyclic) bond motifs is 1. The number of carboxylic acid groups (broad SMARTS) is 1. The number of rotatable bonds is 3. The summed E-state index contributed by atoms with van der Waals surface area (Å²) in [4.78, 5) is 10.5. The first kappa shape index (κ1) is 10.5. The number of halogens is 1. The number of hydrogen-bond acceptors (Lipinski definition) is 1. The molecule has 1 N–H and O–H groups in total. The van der Waals surface area contributed by atoms with Crippen molar-refractivity contribution in [1.82, 2.24) is 0 Å². The van der Waals surface area contributed by atoms with Gasteiger partial charge in [0.2, 0.25) is 0 Å². The zero-order valence-electron chi connectivity index (χ0n) is 8.42. The molecule has 2 rings (SSSR count). The summed E-state index contributed by atoms with van der Waals surface area (Å²) in [6, 6.07) is 3.92. The van der Waals surface area contributed by atoms with Crippen LogP contribution in [0.5, 0.6) is 0 Å². The fourth-order valence-electron chi connectivity index (χ4n) is 2.22. The molecule has 3 heteroatoms. The Morgan fingerprint density at radius 1 is 1.40 bits per heavy atom. The van der Waals surface area contributed by atoms with Crippen LogP contribution >= 0.6 is 11.6 Å². The van der Waals surface area contributed by atoms with Crippen LogP contribution in [-0.2, 0) is 24.1 Å². The van der Waals surface area contributed by atoms with Gasteiger partial charge in [0.15, 0.2) is 0 Å². The molecule has 0 unspecified atom stereocenters. The zero-order chi connectivity index (χ0) is 10.8. The van der Waals surface area contributed by atoms with Crippen LogP contribution in [0.3, 0.4) is 0 Å². The van der Waals surface area contributed by atoms with Crippen molar-refractivity contribution in [3.8, 4) is 0 Å². The fourth-order valence-corrected chi connectivity index (χ4v) is 2.48. The summed E-state index contributed by atoms with van der Waals surface area (Å²) < 4.78 is 0. The predicted octanol–water partition coefficient (Wildman–Crippen LogP) is 2.85. The molecule has 1 aliphatic carbocycles. The Labute approximate surface area is 93.9 Å². The number of aryl methyl sites for hydroxylation is 2. The standard InChI is InChI=1S/C12H13ClO2/c13-10-6-8-2-1-3-11(8)9(7-10)4-5-12(14)15/h6-7H,1-5H2,(H,14,15). The third-order valence-electron chi connectivity index (χ3n) is 2.88. The average Bonchev–Trinajstić information content (AvgIpc) is 2.61. The van der Waals surface area contributed by atoms with E-state index in [4.69, 9.17) is 16.7 Å².